The van der Waals surface area contributed by atoms with Crippen LogP contribution in [0.15, 0.2) is 35.9 Å². The van der Waals surface area contributed by atoms with E-state index in [1.165, 1.54) is 0 Å². The number of fused-ring (bicyclic) bond motifs is 1. The Bertz CT molecular complexity index is 685. The number of ether oxygens (including phenoxy) is 2. The minimum atomic E-state index is 0.0367. The van der Waals surface area contributed by atoms with E-state index in [9.17, 15) is 9.59 Å². The maximum atomic E-state index is 12.4. The summed E-state index contributed by atoms with van der Waals surface area (Å²) < 4.78 is 10.6. The number of piperidine rings is 1. The molecule has 2 aliphatic heterocycles. The Hall–Kier alpha value is -2.56. The van der Waals surface area contributed by atoms with Crippen LogP contribution in [0.25, 0.3) is 6.08 Å². The van der Waals surface area contributed by atoms with Crippen molar-refractivity contribution in [1.82, 2.24) is 4.90 Å². The number of hydrogen-bond donors (Lipinski definition) is 0. The molecule has 2 aliphatic rings. The first-order valence-electron chi connectivity index (χ1n) is 8.16. The van der Waals surface area contributed by atoms with Gasteiger partial charge in [-0.15, -0.1) is 0 Å². The molecule has 5 nitrogen and oxygen atoms in total. The fraction of sp³-hybridized carbons (Fsp3) is 0.368. The topological polar surface area (TPSA) is 55.8 Å². The molecule has 1 saturated heterocycles. The molecule has 1 aromatic rings. The number of aldehydes is 1. The van der Waals surface area contributed by atoms with Crippen LogP contribution in [0, 0.1) is 5.92 Å². The van der Waals surface area contributed by atoms with Crippen LogP contribution >= 0.6 is 0 Å². The minimum Gasteiger partial charge on any atom is -0.454 e. The van der Waals surface area contributed by atoms with Crippen molar-refractivity contribution < 1.29 is 19.1 Å². The lowest BCUT2D eigenvalue weighted by Crippen LogP contribution is -2.39. The number of nitrogens with zero attached hydrogens (tertiary/aromatic N) is 1. The maximum absolute atomic E-state index is 12.4. The number of amides is 1. The Morgan fingerprint density at radius 2 is 1.96 bits per heavy atom. The van der Waals surface area contributed by atoms with E-state index in [0.29, 0.717) is 18.7 Å². The number of rotatable bonds is 4. The van der Waals surface area contributed by atoms with Crippen LogP contribution in [0.3, 0.4) is 0 Å². The highest BCUT2D eigenvalue weighted by Gasteiger charge is 2.22. The lowest BCUT2D eigenvalue weighted by atomic mass is 9.98. The first kappa shape index (κ1) is 16.3. The number of benzene rings is 1. The molecule has 2 heterocycles. The van der Waals surface area contributed by atoms with Gasteiger partial charge in [0.05, 0.1) is 0 Å². The Kier molecular flexibility index (Phi) is 4.99. The predicted octanol–water partition coefficient (Wildman–Crippen LogP) is 2.81. The van der Waals surface area contributed by atoms with Gasteiger partial charge in [-0.3, -0.25) is 4.79 Å². The second-order valence-electron chi connectivity index (χ2n) is 6.09. The van der Waals surface area contributed by atoms with Crippen LogP contribution in [0.1, 0.15) is 25.3 Å². The molecular weight excluding hydrogens is 306 g/mol. The van der Waals surface area contributed by atoms with Crippen LogP contribution in [0.2, 0.25) is 0 Å². The van der Waals surface area contributed by atoms with E-state index in [-0.39, 0.29) is 18.6 Å². The predicted molar refractivity (Wildman–Crippen MR) is 90.7 cm³/mol. The fourth-order valence-corrected chi connectivity index (χ4v) is 2.88. The van der Waals surface area contributed by atoms with E-state index in [2.05, 4.69) is 0 Å². The lowest BCUT2D eigenvalue weighted by molar-refractivity contribution is -0.129. The largest absolute Gasteiger partial charge is 0.454 e. The first-order chi connectivity index (χ1) is 11.7. The van der Waals surface area contributed by atoms with Crippen molar-refractivity contribution in [1.29, 1.82) is 0 Å². The zero-order valence-corrected chi connectivity index (χ0v) is 13.7. The van der Waals surface area contributed by atoms with Gasteiger partial charge in [0.15, 0.2) is 11.5 Å². The van der Waals surface area contributed by atoms with E-state index < -0.39 is 0 Å². The molecule has 0 bridgehead atoms. The van der Waals surface area contributed by atoms with Crippen molar-refractivity contribution >= 4 is 18.3 Å². The fourth-order valence-electron chi connectivity index (χ4n) is 2.88. The Morgan fingerprint density at radius 3 is 2.71 bits per heavy atom. The van der Waals surface area contributed by atoms with Crippen molar-refractivity contribution in [2.75, 3.05) is 19.9 Å². The third kappa shape index (κ3) is 3.67. The number of hydrogen-bond acceptors (Lipinski definition) is 4. The highest BCUT2D eigenvalue weighted by atomic mass is 16.7. The SMILES string of the molecule is C/C(=C\C=C\c1ccc2c(c1)OCO2)C(=O)N1CCC(C=O)CC1. The maximum Gasteiger partial charge on any atom is 0.249 e. The van der Waals surface area contributed by atoms with E-state index in [0.717, 1.165) is 36.2 Å². The Morgan fingerprint density at radius 1 is 1.21 bits per heavy atom. The zero-order chi connectivity index (χ0) is 16.9. The highest BCUT2D eigenvalue weighted by molar-refractivity contribution is 5.93. The number of likely N-dealkylation sites (tertiary alicyclic amines) is 1. The molecule has 0 aliphatic carbocycles. The Labute approximate surface area is 141 Å². The van der Waals surface area contributed by atoms with Crippen molar-refractivity contribution in [3.8, 4) is 11.5 Å². The quantitative estimate of drug-likeness (QED) is 0.485. The summed E-state index contributed by atoms with van der Waals surface area (Å²) in [5.74, 6) is 1.64. The number of carbonyl (C=O) groups excluding carboxylic acids is 2. The van der Waals surface area contributed by atoms with Gasteiger partial charge in [0.25, 0.3) is 0 Å². The highest BCUT2D eigenvalue weighted by Crippen LogP contribution is 2.32. The molecular formula is C19H21NO4. The molecule has 3 rings (SSSR count). The molecule has 5 heteroatoms. The molecule has 0 spiro atoms. The second-order valence-corrected chi connectivity index (χ2v) is 6.09. The third-order valence-corrected chi connectivity index (χ3v) is 4.39. The molecule has 0 radical (unpaired) electrons. The van der Waals surface area contributed by atoms with Gasteiger partial charge in [-0.25, -0.2) is 0 Å². The minimum absolute atomic E-state index is 0.0367. The number of carbonyl (C=O) groups is 2. The van der Waals surface area contributed by atoms with Crippen molar-refractivity contribution in [3.63, 3.8) is 0 Å². The second kappa shape index (κ2) is 7.34. The van der Waals surface area contributed by atoms with Gasteiger partial charge in [0.2, 0.25) is 12.7 Å². The third-order valence-electron chi connectivity index (χ3n) is 4.39. The van der Waals surface area contributed by atoms with Gasteiger partial charge in [0.1, 0.15) is 6.29 Å². The summed E-state index contributed by atoms with van der Waals surface area (Å²) in [4.78, 5) is 25.0. The molecule has 0 aromatic heterocycles. The molecule has 1 aromatic carbocycles. The molecule has 0 N–H and O–H groups in total. The van der Waals surface area contributed by atoms with Gasteiger partial charge < -0.3 is 19.2 Å². The Balaban J connectivity index is 1.59. The summed E-state index contributed by atoms with van der Waals surface area (Å²) in [5.41, 5.74) is 1.68. The molecule has 0 unspecified atom stereocenters. The normalized spacial score (nSPS) is 18.2. The van der Waals surface area contributed by atoms with Gasteiger partial charge in [-0.2, -0.15) is 0 Å². The summed E-state index contributed by atoms with van der Waals surface area (Å²) in [6.45, 7) is 3.38. The summed E-state index contributed by atoms with van der Waals surface area (Å²) >= 11 is 0. The molecule has 1 fully saturated rings. The molecule has 126 valence electrons. The van der Waals surface area contributed by atoms with Crippen LogP contribution in [-0.4, -0.2) is 37.0 Å². The van der Waals surface area contributed by atoms with Gasteiger partial charge >= 0.3 is 0 Å². The smallest absolute Gasteiger partial charge is 0.249 e. The van der Waals surface area contributed by atoms with Gasteiger partial charge in [-0.1, -0.05) is 24.3 Å². The van der Waals surface area contributed by atoms with Crippen LogP contribution < -0.4 is 9.47 Å². The van der Waals surface area contributed by atoms with Crippen molar-refractivity contribution in [2.24, 2.45) is 5.92 Å². The molecule has 24 heavy (non-hydrogen) atoms. The average Bonchev–Trinajstić information content (AvgIpc) is 3.09. The standard InChI is InChI=1S/C19H21NO4/c1-14(19(22)20-9-7-16(12-21)8-10-20)3-2-4-15-5-6-17-18(11-15)24-13-23-17/h2-6,11-12,16H,7-10,13H2,1H3/b4-2+,14-3+. The summed E-state index contributed by atoms with van der Waals surface area (Å²) in [7, 11) is 0. The summed E-state index contributed by atoms with van der Waals surface area (Å²) in [6, 6.07) is 5.73. The van der Waals surface area contributed by atoms with E-state index >= 15 is 0 Å². The van der Waals surface area contributed by atoms with Gasteiger partial charge in [-0.05, 0) is 37.5 Å². The average molecular weight is 327 g/mol. The van der Waals surface area contributed by atoms with Crippen LogP contribution in [0.4, 0.5) is 0 Å². The van der Waals surface area contributed by atoms with Crippen molar-refractivity contribution in [2.45, 2.75) is 19.8 Å². The molecule has 0 saturated carbocycles. The summed E-state index contributed by atoms with van der Waals surface area (Å²) in [5, 5.41) is 0. The number of allylic oxidation sites excluding steroid dienone is 2. The zero-order valence-electron chi connectivity index (χ0n) is 13.7. The van der Waals surface area contributed by atoms with Crippen molar-refractivity contribution in [3.05, 3.63) is 41.5 Å². The molecule has 1 amide bonds. The summed E-state index contributed by atoms with van der Waals surface area (Å²) in [6.07, 6.45) is 8.13. The van der Waals surface area contributed by atoms with Crippen LogP contribution in [-0.2, 0) is 9.59 Å². The van der Waals surface area contributed by atoms with Crippen LogP contribution in [0.5, 0.6) is 11.5 Å². The molecule has 0 atom stereocenters. The van der Waals surface area contributed by atoms with E-state index in [1.807, 2.05) is 48.3 Å². The van der Waals surface area contributed by atoms with Gasteiger partial charge in [0, 0.05) is 24.6 Å². The van der Waals surface area contributed by atoms with E-state index in [1.54, 1.807) is 0 Å². The monoisotopic (exact) mass is 327 g/mol. The first-order valence-corrected chi connectivity index (χ1v) is 8.16. The lowest BCUT2D eigenvalue weighted by Gasteiger charge is -2.29. The van der Waals surface area contributed by atoms with E-state index in [4.69, 9.17) is 9.47 Å².